The molecule has 0 radical (unpaired) electrons. The SMILES string of the molecule is CC1(C)O[C@@H]2CC3C4C[C@H](F)C5=CC(=O)CC[C@]5(C)[C@@]4(CF)C(O)C[C@]3(C)[C@]2(C(=O)CO)O1. The van der Waals surface area contributed by atoms with E-state index < -0.39 is 71.0 Å². The fourth-order valence-corrected chi connectivity index (χ4v) is 8.84. The van der Waals surface area contributed by atoms with Gasteiger partial charge in [0, 0.05) is 22.7 Å². The van der Waals surface area contributed by atoms with Crippen molar-refractivity contribution in [2.24, 2.45) is 28.1 Å². The maximum Gasteiger partial charge on any atom is 0.193 e. The molecule has 5 aliphatic rings. The van der Waals surface area contributed by atoms with Gasteiger partial charge < -0.3 is 19.7 Å². The molecule has 4 aliphatic carbocycles. The number of ketones is 2. The minimum atomic E-state index is -1.50. The van der Waals surface area contributed by atoms with Gasteiger partial charge >= 0.3 is 0 Å². The highest BCUT2D eigenvalue weighted by molar-refractivity contribution is 5.92. The van der Waals surface area contributed by atoms with Crippen LogP contribution in [0, 0.1) is 28.1 Å². The van der Waals surface area contributed by atoms with Crippen LogP contribution in [0.4, 0.5) is 8.78 Å². The van der Waals surface area contributed by atoms with E-state index in [1.54, 1.807) is 20.8 Å². The first kappa shape index (κ1) is 23.5. The number of rotatable bonds is 3. The van der Waals surface area contributed by atoms with Crippen LogP contribution in [0.1, 0.15) is 59.8 Å². The van der Waals surface area contributed by atoms with Crippen LogP contribution < -0.4 is 0 Å². The van der Waals surface area contributed by atoms with E-state index in [0.717, 1.165) is 0 Å². The lowest BCUT2D eigenvalue weighted by atomic mass is 9.38. The summed E-state index contributed by atoms with van der Waals surface area (Å²) in [7, 11) is 0. The van der Waals surface area contributed by atoms with Crippen molar-refractivity contribution in [3.63, 3.8) is 0 Å². The highest BCUT2D eigenvalue weighted by Crippen LogP contribution is 2.74. The minimum Gasteiger partial charge on any atom is -0.392 e. The Morgan fingerprint density at radius 2 is 1.91 bits per heavy atom. The molecule has 8 heteroatoms. The molecule has 0 aromatic carbocycles. The molecule has 6 nitrogen and oxygen atoms in total. The van der Waals surface area contributed by atoms with Gasteiger partial charge in [0.2, 0.25) is 0 Å². The number of hydrogen-bond donors (Lipinski definition) is 2. The van der Waals surface area contributed by atoms with Crippen LogP contribution in [-0.4, -0.2) is 64.8 Å². The number of hydrogen-bond acceptors (Lipinski definition) is 6. The monoisotopic (exact) mass is 468 g/mol. The lowest BCUT2D eigenvalue weighted by molar-refractivity contribution is -0.255. The predicted molar refractivity (Wildman–Crippen MR) is 114 cm³/mol. The zero-order chi connectivity index (χ0) is 24.2. The van der Waals surface area contributed by atoms with Crippen molar-refractivity contribution in [2.45, 2.75) is 89.6 Å². The zero-order valence-corrected chi connectivity index (χ0v) is 19.7. The van der Waals surface area contributed by atoms with E-state index in [-0.39, 0.29) is 37.4 Å². The molecule has 0 bridgehead atoms. The molecule has 0 amide bonds. The Morgan fingerprint density at radius 3 is 2.55 bits per heavy atom. The van der Waals surface area contributed by atoms with Crippen molar-refractivity contribution in [2.75, 3.05) is 13.3 Å². The van der Waals surface area contributed by atoms with Crippen molar-refractivity contribution >= 4 is 11.6 Å². The second kappa shape index (κ2) is 6.93. The van der Waals surface area contributed by atoms with E-state index in [9.17, 15) is 19.8 Å². The third-order valence-corrected chi connectivity index (χ3v) is 10.2. The van der Waals surface area contributed by atoms with Crippen molar-refractivity contribution in [1.82, 2.24) is 0 Å². The molecule has 1 aliphatic heterocycles. The molecule has 0 spiro atoms. The van der Waals surface area contributed by atoms with E-state index in [1.165, 1.54) is 6.08 Å². The number of aliphatic hydroxyl groups excluding tert-OH is 2. The summed E-state index contributed by atoms with van der Waals surface area (Å²) >= 11 is 0. The summed E-state index contributed by atoms with van der Waals surface area (Å²) in [5, 5.41) is 21.6. The van der Waals surface area contributed by atoms with Crippen molar-refractivity contribution < 1.29 is 38.1 Å². The molecular weight excluding hydrogens is 434 g/mol. The summed E-state index contributed by atoms with van der Waals surface area (Å²) in [6.07, 6.45) is -1.11. The molecule has 184 valence electrons. The van der Waals surface area contributed by atoms with Gasteiger partial charge in [-0.05, 0) is 63.0 Å². The van der Waals surface area contributed by atoms with Crippen LogP contribution in [0.15, 0.2) is 11.6 Å². The van der Waals surface area contributed by atoms with E-state index in [4.69, 9.17) is 9.47 Å². The molecule has 1 saturated heterocycles. The normalized spacial score (nSPS) is 52.4. The standard InChI is InChI=1S/C25H34F2O6/c1-21(2)32-20-9-14-15-8-17(27)16-7-13(29)5-6-22(16,3)24(15,12-26)18(30)10-23(14,4)25(20,33-21)19(31)11-28/h7,14-15,17-18,20,28,30H,5-6,8-12H2,1-4H3/t14?,15?,17-,18?,20+,22-,23-,24+,25+/m0/s1. The molecule has 1 heterocycles. The number of Topliss-reactive ketones (excluding diaryl/α,β-unsaturated/α-hetero) is 1. The zero-order valence-electron chi connectivity index (χ0n) is 19.7. The second-order valence-corrected chi connectivity index (χ2v) is 11.8. The summed E-state index contributed by atoms with van der Waals surface area (Å²) < 4.78 is 43.3. The Kier molecular flexibility index (Phi) is 4.94. The van der Waals surface area contributed by atoms with Crippen molar-refractivity contribution in [3.8, 4) is 0 Å². The van der Waals surface area contributed by atoms with Gasteiger partial charge in [-0.2, -0.15) is 0 Å². The Bertz CT molecular complexity index is 934. The van der Waals surface area contributed by atoms with Gasteiger partial charge in [-0.25, -0.2) is 4.39 Å². The minimum absolute atomic E-state index is 0.0323. The lowest BCUT2D eigenvalue weighted by Gasteiger charge is -2.67. The highest BCUT2D eigenvalue weighted by atomic mass is 19.1. The van der Waals surface area contributed by atoms with Gasteiger partial charge in [-0.15, -0.1) is 0 Å². The molecule has 4 fully saturated rings. The number of fused-ring (bicyclic) bond motifs is 7. The Hall–Kier alpha value is -1.22. The number of aliphatic hydroxyl groups is 2. The average molecular weight is 469 g/mol. The molecule has 3 saturated carbocycles. The number of halogens is 2. The molecule has 0 aromatic heterocycles. The molecule has 5 rings (SSSR count). The Morgan fingerprint density at radius 1 is 1.21 bits per heavy atom. The van der Waals surface area contributed by atoms with Gasteiger partial charge in [0.1, 0.15) is 12.8 Å². The van der Waals surface area contributed by atoms with Crippen LogP contribution in [0.3, 0.4) is 0 Å². The third-order valence-electron chi connectivity index (χ3n) is 10.2. The highest BCUT2D eigenvalue weighted by Gasteiger charge is 2.80. The third kappa shape index (κ3) is 2.56. The summed E-state index contributed by atoms with van der Waals surface area (Å²) in [4.78, 5) is 25.4. The summed E-state index contributed by atoms with van der Waals surface area (Å²) in [5.41, 5.74) is -4.46. The van der Waals surface area contributed by atoms with E-state index >= 15 is 8.78 Å². The van der Waals surface area contributed by atoms with Gasteiger partial charge in [0.15, 0.2) is 23.0 Å². The van der Waals surface area contributed by atoms with Crippen LogP contribution in [0.25, 0.3) is 0 Å². The predicted octanol–water partition coefficient (Wildman–Crippen LogP) is 2.84. The smallest absolute Gasteiger partial charge is 0.193 e. The molecule has 9 atom stereocenters. The average Bonchev–Trinajstić information content (AvgIpc) is 3.15. The second-order valence-electron chi connectivity index (χ2n) is 11.8. The summed E-state index contributed by atoms with van der Waals surface area (Å²) in [6.45, 7) is 5.44. The molecule has 33 heavy (non-hydrogen) atoms. The van der Waals surface area contributed by atoms with Gasteiger partial charge in [-0.3, -0.25) is 14.0 Å². The topological polar surface area (TPSA) is 93.1 Å². The maximum absolute atomic E-state index is 15.7. The number of allylic oxidation sites excluding steroid dienone is 1. The van der Waals surface area contributed by atoms with Crippen LogP contribution in [-0.2, 0) is 19.1 Å². The Balaban J connectivity index is 1.68. The lowest BCUT2D eigenvalue weighted by Crippen LogP contribution is -2.70. The van der Waals surface area contributed by atoms with E-state index in [1.807, 2.05) is 6.92 Å². The molecule has 3 unspecified atom stereocenters. The molecule has 0 aromatic rings. The first-order valence-corrected chi connectivity index (χ1v) is 12.0. The molecular formula is C25H34F2O6. The molecule has 2 N–H and O–H groups in total. The number of alkyl halides is 2. The van der Waals surface area contributed by atoms with Crippen LogP contribution >= 0.6 is 0 Å². The van der Waals surface area contributed by atoms with Gasteiger partial charge in [0.25, 0.3) is 0 Å². The maximum atomic E-state index is 15.7. The van der Waals surface area contributed by atoms with E-state index in [0.29, 0.717) is 12.0 Å². The van der Waals surface area contributed by atoms with Crippen molar-refractivity contribution in [1.29, 1.82) is 0 Å². The van der Waals surface area contributed by atoms with Gasteiger partial charge in [-0.1, -0.05) is 13.8 Å². The fraction of sp³-hybridized carbons (Fsp3) is 0.840. The van der Waals surface area contributed by atoms with Crippen molar-refractivity contribution in [3.05, 3.63) is 11.6 Å². The van der Waals surface area contributed by atoms with Crippen LogP contribution in [0.2, 0.25) is 0 Å². The number of carbonyl (C=O) groups is 2. The largest absolute Gasteiger partial charge is 0.392 e. The fourth-order valence-electron chi connectivity index (χ4n) is 8.84. The van der Waals surface area contributed by atoms with Crippen LogP contribution in [0.5, 0.6) is 0 Å². The number of carbonyl (C=O) groups excluding carboxylic acids is 2. The van der Waals surface area contributed by atoms with E-state index in [2.05, 4.69) is 0 Å². The quantitative estimate of drug-likeness (QED) is 0.662. The summed E-state index contributed by atoms with van der Waals surface area (Å²) in [5.74, 6) is -2.69. The first-order chi connectivity index (χ1) is 15.3. The van der Waals surface area contributed by atoms with Gasteiger partial charge in [0.05, 0.1) is 18.9 Å². The first-order valence-electron chi connectivity index (χ1n) is 12.0. The Labute approximate surface area is 192 Å². The summed E-state index contributed by atoms with van der Waals surface area (Å²) in [6, 6.07) is 0. The number of ether oxygens (including phenoxy) is 2.